The Hall–Kier alpha value is -0.900. The fraction of sp³-hybridized carbons (Fsp3) is 0.727. The Morgan fingerprint density at radius 2 is 1.96 bits per heavy atom. The van der Waals surface area contributed by atoms with Crippen LogP contribution < -0.4 is 5.32 Å². The van der Waals surface area contributed by atoms with Gasteiger partial charge in [0.05, 0.1) is 5.60 Å². The van der Waals surface area contributed by atoms with Gasteiger partial charge < -0.3 is 15.0 Å². The number of benzene rings is 1. The SMILES string of the molecule is CN(C)CCCNCC[C@H](Cc1ccccc1)[C@H]1CCOC(C)(C)C1. The van der Waals surface area contributed by atoms with E-state index in [2.05, 4.69) is 68.5 Å². The zero-order valence-corrected chi connectivity index (χ0v) is 16.8. The van der Waals surface area contributed by atoms with Crippen molar-refractivity contribution >= 4 is 0 Å². The Morgan fingerprint density at radius 3 is 2.64 bits per heavy atom. The largest absolute Gasteiger partial charge is 0.376 e. The maximum atomic E-state index is 5.96. The van der Waals surface area contributed by atoms with Crippen LogP contribution in [0.5, 0.6) is 0 Å². The summed E-state index contributed by atoms with van der Waals surface area (Å²) >= 11 is 0. The van der Waals surface area contributed by atoms with Crippen LogP contribution in [0.1, 0.15) is 45.1 Å². The lowest BCUT2D eigenvalue weighted by atomic mass is 9.75. The predicted molar refractivity (Wildman–Crippen MR) is 107 cm³/mol. The number of nitrogens with one attached hydrogen (secondary N) is 1. The number of ether oxygens (including phenoxy) is 1. The molecule has 1 N–H and O–H groups in total. The van der Waals surface area contributed by atoms with Crippen LogP contribution in [-0.4, -0.2) is 50.8 Å². The van der Waals surface area contributed by atoms with Gasteiger partial charge in [0.25, 0.3) is 0 Å². The molecular weight excluding hydrogens is 308 g/mol. The van der Waals surface area contributed by atoms with Gasteiger partial charge in [-0.05, 0) is 97.1 Å². The molecule has 3 heteroatoms. The molecule has 0 aromatic heterocycles. The highest BCUT2D eigenvalue weighted by atomic mass is 16.5. The molecule has 0 spiro atoms. The van der Waals surface area contributed by atoms with E-state index < -0.39 is 0 Å². The van der Waals surface area contributed by atoms with E-state index in [9.17, 15) is 0 Å². The molecular formula is C22H38N2O. The monoisotopic (exact) mass is 346 g/mol. The second kappa shape index (κ2) is 10.3. The van der Waals surface area contributed by atoms with E-state index in [1.807, 2.05) is 0 Å². The normalized spacial score (nSPS) is 21.4. The summed E-state index contributed by atoms with van der Waals surface area (Å²) in [6.45, 7) is 8.82. The molecule has 0 amide bonds. The van der Waals surface area contributed by atoms with E-state index in [1.54, 1.807) is 0 Å². The van der Waals surface area contributed by atoms with Crippen LogP contribution in [0.2, 0.25) is 0 Å². The molecule has 1 aromatic carbocycles. The van der Waals surface area contributed by atoms with Crippen molar-refractivity contribution in [2.75, 3.05) is 40.3 Å². The quantitative estimate of drug-likeness (QED) is 0.649. The summed E-state index contributed by atoms with van der Waals surface area (Å²) in [4.78, 5) is 2.25. The van der Waals surface area contributed by atoms with Crippen molar-refractivity contribution in [3.63, 3.8) is 0 Å². The third-order valence-corrected chi connectivity index (χ3v) is 5.39. The fourth-order valence-electron chi connectivity index (χ4n) is 4.04. The maximum absolute atomic E-state index is 5.96. The molecule has 0 radical (unpaired) electrons. The fourth-order valence-corrected chi connectivity index (χ4v) is 4.04. The van der Waals surface area contributed by atoms with E-state index in [-0.39, 0.29) is 5.60 Å². The van der Waals surface area contributed by atoms with Crippen molar-refractivity contribution in [1.29, 1.82) is 0 Å². The second-order valence-corrected chi connectivity index (χ2v) is 8.51. The van der Waals surface area contributed by atoms with Crippen molar-refractivity contribution in [3.8, 4) is 0 Å². The average molecular weight is 347 g/mol. The highest BCUT2D eigenvalue weighted by Crippen LogP contribution is 2.36. The number of rotatable bonds is 10. The van der Waals surface area contributed by atoms with Gasteiger partial charge in [0.15, 0.2) is 0 Å². The lowest BCUT2D eigenvalue weighted by Crippen LogP contribution is -2.38. The summed E-state index contributed by atoms with van der Waals surface area (Å²) in [5.74, 6) is 1.51. The number of hydrogen-bond acceptors (Lipinski definition) is 3. The minimum Gasteiger partial charge on any atom is -0.376 e. The van der Waals surface area contributed by atoms with Crippen LogP contribution in [0, 0.1) is 11.8 Å². The van der Waals surface area contributed by atoms with E-state index in [4.69, 9.17) is 4.74 Å². The van der Waals surface area contributed by atoms with Crippen LogP contribution in [0.15, 0.2) is 30.3 Å². The number of hydrogen-bond donors (Lipinski definition) is 1. The molecule has 1 aliphatic heterocycles. The smallest absolute Gasteiger partial charge is 0.0629 e. The summed E-state index contributed by atoms with van der Waals surface area (Å²) < 4.78 is 5.96. The van der Waals surface area contributed by atoms with Gasteiger partial charge in [-0.15, -0.1) is 0 Å². The van der Waals surface area contributed by atoms with Gasteiger partial charge in [-0.25, -0.2) is 0 Å². The van der Waals surface area contributed by atoms with E-state index in [1.165, 1.54) is 37.7 Å². The first-order chi connectivity index (χ1) is 12.0. The lowest BCUT2D eigenvalue weighted by Gasteiger charge is -2.39. The van der Waals surface area contributed by atoms with Gasteiger partial charge in [-0.2, -0.15) is 0 Å². The minimum atomic E-state index is 0.0387. The zero-order chi connectivity index (χ0) is 18.1. The van der Waals surface area contributed by atoms with Gasteiger partial charge in [-0.3, -0.25) is 0 Å². The van der Waals surface area contributed by atoms with Crippen molar-refractivity contribution in [3.05, 3.63) is 35.9 Å². The number of nitrogens with zero attached hydrogens (tertiary/aromatic N) is 1. The molecule has 0 unspecified atom stereocenters. The maximum Gasteiger partial charge on any atom is 0.0629 e. The van der Waals surface area contributed by atoms with Crippen LogP contribution in [0.3, 0.4) is 0 Å². The summed E-state index contributed by atoms with van der Waals surface area (Å²) in [6, 6.07) is 11.0. The Bertz CT molecular complexity index is 472. The summed E-state index contributed by atoms with van der Waals surface area (Å²) in [5.41, 5.74) is 1.51. The minimum absolute atomic E-state index is 0.0387. The van der Waals surface area contributed by atoms with Gasteiger partial charge in [-0.1, -0.05) is 30.3 Å². The molecule has 1 aromatic rings. The van der Waals surface area contributed by atoms with Crippen molar-refractivity contribution < 1.29 is 4.74 Å². The summed E-state index contributed by atoms with van der Waals surface area (Å²) in [6.07, 6.45) is 6.08. The second-order valence-electron chi connectivity index (χ2n) is 8.51. The lowest BCUT2D eigenvalue weighted by molar-refractivity contribution is -0.0830. The van der Waals surface area contributed by atoms with Crippen LogP contribution in [0.25, 0.3) is 0 Å². The van der Waals surface area contributed by atoms with Crippen molar-refractivity contribution in [2.45, 2.75) is 51.6 Å². The molecule has 1 heterocycles. The standard InChI is InChI=1S/C22H38N2O/c1-22(2)18-21(12-16-25-22)20(17-19-9-6-5-7-10-19)11-14-23-13-8-15-24(3)4/h5-7,9-10,20-21,23H,8,11-18H2,1-4H3/t20-,21+/m1/s1. The molecule has 25 heavy (non-hydrogen) atoms. The molecule has 0 aliphatic carbocycles. The van der Waals surface area contributed by atoms with Crippen LogP contribution in [0.4, 0.5) is 0 Å². The van der Waals surface area contributed by atoms with Gasteiger partial charge in [0.2, 0.25) is 0 Å². The first kappa shape index (κ1) is 20.4. The third kappa shape index (κ3) is 7.89. The Balaban J connectivity index is 1.86. The predicted octanol–water partition coefficient (Wildman–Crippen LogP) is 3.98. The Kier molecular flexibility index (Phi) is 8.41. The Morgan fingerprint density at radius 1 is 1.20 bits per heavy atom. The Labute approximate surface area is 155 Å². The molecule has 2 atom stereocenters. The van der Waals surface area contributed by atoms with Crippen LogP contribution >= 0.6 is 0 Å². The molecule has 1 aliphatic rings. The van der Waals surface area contributed by atoms with Crippen molar-refractivity contribution in [2.24, 2.45) is 11.8 Å². The first-order valence-electron chi connectivity index (χ1n) is 9.99. The van der Waals surface area contributed by atoms with Gasteiger partial charge >= 0.3 is 0 Å². The average Bonchev–Trinajstić information content (AvgIpc) is 2.56. The molecule has 3 nitrogen and oxygen atoms in total. The van der Waals surface area contributed by atoms with Gasteiger partial charge in [0.1, 0.15) is 0 Å². The summed E-state index contributed by atoms with van der Waals surface area (Å²) in [5, 5.41) is 3.66. The molecule has 2 rings (SSSR count). The third-order valence-electron chi connectivity index (χ3n) is 5.39. The highest BCUT2D eigenvalue weighted by molar-refractivity contribution is 5.15. The molecule has 1 saturated heterocycles. The van der Waals surface area contributed by atoms with Crippen LogP contribution in [-0.2, 0) is 11.2 Å². The highest BCUT2D eigenvalue weighted by Gasteiger charge is 2.33. The molecule has 1 fully saturated rings. The van der Waals surface area contributed by atoms with Crippen molar-refractivity contribution in [1.82, 2.24) is 10.2 Å². The molecule has 142 valence electrons. The van der Waals surface area contributed by atoms with Gasteiger partial charge in [0, 0.05) is 6.61 Å². The van der Waals surface area contributed by atoms with E-state index in [0.29, 0.717) is 0 Å². The topological polar surface area (TPSA) is 24.5 Å². The molecule has 0 bridgehead atoms. The molecule has 0 saturated carbocycles. The van der Waals surface area contributed by atoms with E-state index >= 15 is 0 Å². The van der Waals surface area contributed by atoms with E-state index in [0.717, 1.165) is 38.1 Å². The summed E-state index contributed by atoms with van der Waals surface area (Å²) in [7, 11) is 4.28. The zero-order valence-electron chi connectivity index (χ0n) is 16.8. The first-order valence-corrected chi connectivity index (χ1v) is 9.99.